The summed E-state index contributed by atoms with van der Waals surface area (Å²) in [6.07, 6.45) is 1.83. The van der Waals surface area contributed by atoms with Crippen LogP contribution in [-0.4, -0.2) is 14.6 Å². The molecule has 30 heavy (non-hydrogen) atoms. The van der Waals surface area contributed by atoms with Crippen LogP contribution in [-0.2, 0) is 14.6 Å². The SMILES string of the molecule is CC(c1ccccc1)(c1ccccc1)C(OC1CCC[Si](C)(C)O1)c1ccccc1. The zero-order valence-corrected chi connectivity index (χ0v) is 19.3. The van der Waals surface area contributed by atoms with Gasteiger partial charge in [0.15, 0.2) is 8.32 Å². The summed E-state index contributed by atoms with van der Waals surface area (Å²) in [5.41, 5.74) is 3.33. The second kappa shape index (κ2) is 8.89. The van der Waals surface area contributed by atoms with Gasteiger partial charge in [0.25, 0.3) is 0 Å². The molecule has 2 unspecified atom stereocenters. The van der Waals surface area contributed by atoms with Gasteiger partial charge >= 0.3 is 0 Å². The molecule has 1 fully saturated rings. The molecule has 0 radical (unpaired) electrons. The van der Waals surface area contributed by atoms with Crippen LogP contribution in [0, 0.1) is 0 Å². The van der Waals surface area contributed by atoms with Crippen molar-refractivity contribution in [2.75, 3.05) is 0 Å². The Bertz CT molecular complexity index is 885. The highest BCUT2D eigenvalue weighted by Crippen LogP contribution is 2.46. The van der Waals surface area contributed by atoms with E-state index in [0.29, 0.717) is 0 Å². The first-order valence-corrected chi connectivity index (χ1v) is 14.1. The fourth-order valence-electron chi connectivity index (χ4n) is 4.63. The van der Waals surface area contributed by atoms with E-state index >= 15 is 0 Å². The van der Waals surface area contributed by atoms with Gasteiger partial charge in [-0.2, -0.15) is 0 Å². The maximum Gasteiger partial charge on any atom is 0.190 e. The van der Waals surface area contributed by atoms with Crippen LogP contribution in [0.2, 0.25) is 19.1 Å². The molecule has 3 aromatic carbocycles. The van der Waals surface area contributed by atoms with Crippen LogP contribution in [0.5, 0.6) is 0 Å². The number of ether oxygens (including phenoxy) is 1. The van der Waals surface area contributed by atoms with Crippen LogP contribution in [0.4, 0.5) is 0 Å². The number of benzene rings is 3. The van der Waals surface area contributed by atoms with E-state index in [2.05, 4.69) is 111 Å². The maximum absolute atomic E-state index is 6.90. The minimum absolute atomic E-state index is 0.155. The molecular weight excluding hydrogens is 384 g/mol. The molecule has 156 valence electrons. The third-order valence-corrected chi connectivity index (χ3v) is 8.79. The average molecular weight is 417 g/mol. The van der Waals surface area contributed by atoms with Crippen LogP contribution in [0.3, 0.4) is 0 Å². The molecular formula is C27H32O2Si. The Labute approximate surface area is 182 Å². The first-order chi connectivity index (χ1) is 14.5. The lowest BCUT2D eigenvalue weighted by molar-refractivity contribution is -0.152. The van der Waals surface area contributed by atoms with E-state index in [4.69, 9.17) is 9.16 Å². The van der Waals surface area contributed by atoms with Crippen molar-refractivity contribution in [2.24, 2.45) is 0 Å². The molecule has 3 heteroatoms. The van der Waals surface area contributed by atoms with Crippen molar-refractivity contribution >= 4 is 8.32 Å². The Morgan fingerprint density at radius 1 is 0.833 bits per heavy atom. The van der Waals surface area contributed by atoms with Crippen LogP contribution < -0.4 is 0 Å². The molecule has 0 amide bonds. The van der Waals surface area contributed by atoms with Crippen molar-refractivity contribution in [3.8, 4) is 0 Å². The van der Waals surface area contributed by atoms with Gasteiger partial charge in [-0.1, -0.05) is 91.0 Å². The number of rotatable bonds is 6. The Morgan fingerprint density at radius 3 is 1.83 bits per heavy atom. The van der Waals surface area contributed by atoms with Crippen molar-refractivity contribution < 1.29 is 9.16 Å². The van der Waals surface area contributed by atoms with Crippen molar-refractivity contribution in [3.05, 3.63) is 108 Å². The lowest BCUT2D eigenvalue weighted by Crippen LogP contribution is -2.43. The summed E-state index contributed by atoms with van der Waals surface area (Å²) in [6, 6.07) is 33.3. The van der Waals surface area contributed by atoms with Crippen LogP contribution in [0.1, 0.15) is 42.6 Å². The topological polar surface area (TPSA) is 18.5 Å². The van der Waals surface area contributed by atoms with Crippen molar-refractivity contribution in [1.82, 2.24) is 0 Å². The summed E-state index contributed by atoms with van der Waals surface area (Å²) in [7, 11) is -1.66. The summed E-state index contributed by atoms with van der Waals surface area (Å²) in [5.74, 6) is 0. The molecule has 0 saturated carbocycles. The molecule has 3 aromatic rings. The maximum atomic E-state index is 6.90. The van der Waals surface area contributed by atoms with Gasteiger partial charge in [-0.25, -0.2) is 0 Å². The van der Waals surface area contributed by atoms with E-state index in [-0.39, 0.29) is 17.8 Å². The fourth-order valence-corrected chi connectivity index (χ4v) is 6.69. The van der Waals surface area contributed by atoms with Crippen molar-refractivity contribution in [3.63, 3.8) is 0 Å². The highest BCUT2D eigenvalue weighted by Gasteiger charge is 2.42. The zero-order valence-electron chi connectivity index (χ0n) is 18.3. The monoisotopic (exact) mass is 416 g/mol. The normalized spacial score (nSPS) is 19.9. The van der Waals surface area contributed by atoms with E-state index < -0.39 is 8.32 Å². The van der Waals surface area contributed by atoms with E-state index in [1.54, 1.807) is 0 Å². The van der Waals surface area contributed by atoms with Gasteiger partial charge in [-0.3, -0.25) is 0 Å². The summed E-state index contributed by atoms with van der Waals surface area (Å²) in [5, 5.41) is 0. The summed E-state index contributed by atoms with van der Waals surface area (Å²) < 4.78 is 13.4. The Morgan fingerprint density at radius 2 is 1.33 bits per heavy atom. The molecule has 1 aliphatic rings. The molecule has 2 nitrogen and oxygen atoms in total. The second-order valence-corrected chi connectivity index (χ2v) is 13.3. The lowest BCUT2D eigenvalue weighted by atomic mass is 9.70. The predicted octanol–water partition coefficient (Wildman–Crippen LogP) is 7.09. The Balaban J connectivity index is 1.82. The second-order valence-electron chi connectivity index (χ2n) is 9.06. The van der Waals surface area contributed by atoms with Crippen LogP contribution >= 0.6 is 0 Å². The Hall–Kier alpha value is -2.20. The van der Waals surface area contributed by atoms with Gasteiger partial charge in [-0.05, 0) is 55.6 Å². The third-order valence-electron chi connectivity index (χ3n) is 6.33. The molecule has 0 aromatic heterocycles. The quantitative estimate of drug-likeness (QED) is 0.399. The fraction of sp³-hybridized carbons (Fsp3) is 0.333. The molecule has 1 aliphatic heterocycles. The van der Waals surface area contributed by atoms with Gasteiger partial charge in [0.1, 0.15) is 6.29 Å². The largest absolute Gasteiger partial charge is 0.393 e. The van der Waals surface area contributed by atoms with E-state index in [1.807, 2.05) is 0 Å². The first-order valence-electron chi connectivity index (χ1n) is 11.0. The zero-order chi connectivity index (χ0) is 21.0. The number of hydrogen-bond donors (Lipinski definition) is 0. The smallest absolute Gasteiger partial charge is 0.190 e. The lowest BCUT2D eigenvalue weighted by Gasteiger charge is -2.43. The molecule has 4 rings (SSSR count). The first kappa shape index (κ1) is 21.0. The highest BCUT2D eigenvalue weighted by molar-refractivity contribution is 6.71. The molecule has 0 N–H and O–H groups in total. The standard InChI is InChI=1S/C27H32O2Si/c1-27(23-16-9-5-10-17-23,24-18-11-6-12-19-24)26(22-14-7-4-8-15-22)28-25-20-13-21-30(2,3)29-25/h4-12,14-19,25-26H,13,20-21H2,1-3H3. The summed E-state index contributed by atoms with van der Waals surface area (Å²) in [4.78, 5) is 0. The van der Waals surface area contributed by atoms with Gasteiger partial charge in [0, 0.05) is 5.41 Å². The van der Waals surface area contributed by atoms with Gasteiger partial charge in [-0.15, -0.1) is 0 Å². The molecule has 1 saturated heterocycles. The summed E-state index contributed by atoms with van der Waals surface area (Å²) in [6.45, 7) is 6.90. The van der Waals surface area contributed by atoms with Crippen molar-refractivity contribution in [1.29, 1.82) is 0 Å². The minimum atomic E-state index is -1.66. The third kappa shape index (κ3) is 4.44. The number of hydrogen-bond acceptors (Lipinski definition) is 2. The average Bonchev–Trinajstić information content (AvgIpc) is 2.78. The molecule has 0 aliphatic carbocycles. The van der Waals surface area contributed by atoms with Gasteiger partial charge < -0.3 is 9.16 Å². The highest BCUT2D eigenvalue weighted by atomic mass is 28.4. The minimum Gasteiger partial charge on any atom is -0.393 e. The van der Waals surface area contributed by atoms with Crippen LogP contribution in [0.25, 0.3) is 0 Å². The molecule has 0 spiro atoms. The van der Waals surface area contributed by atoms with Crippen LogP contribution in [0.15, 0.2) is 91.0 Å². The van der Waals surface area contributed by atoms with E-state index in [0.717, 1.165) is 6.42 Å². The predicted molar refractivity (Wildman–Crippen MR) is 126 cm³/mol. The van der Waals surface area contributed by atoms with E-state index in [1.165, 1.54) is 29.2 Å². The molecule has 0 bridgehead atoms. The molecule has 1 heterocycles. The Kier molecular flexibility index (Phi) is 6.23. The van der Waals surface area contributed by atoms with Gasteiger partial charge in [0.05, 0.1) is 6.10 Å². The van der Waals surface area contributed by atoms with E-state index in [9.17, 15) is 0 Å². The van der Waals surface area contributed by atoms with Gasteiger partial charge in [0.2, 0.25) is 0 Å². The molecule has 2 atom stereocenters. The van der Waals surface area contributed by atoms with Crippen molar-refractivity contribution in [2.45, 2.75) is 56.7 Å². The summed E-state index contributed by atoms with van der Waals surface area (Å²) >= 11 is 0.